The molecular formula is C12H19NO4. The van der Waals surface area contributed by atoms with Crippen molar-refractivity contribution in [3.05, 3.63) is 0 Å². The number of hydrogen-bond donors (Lipinski definition) is 2. The van der Waals surface area contributed by atoms with Crippen molar-refractivity contribution in [3.8, 4) is 0 Å². The maximum Gasteiger partial charge on any atom is 0.408 e. The summed E-state index contributed by atoms with van der Waals surface area (Å²) in [5.74, 6) is -0.485. The zero-order valence-electron chi connectivity index (χ0n) is 10.3. The lowest BCUT2D eigenvalue weighted by Gasteiger charge is -2.41. The van der Waals surface area contributed by atoms with E-state index in [2.05, 4.69) is 5.32 Å². The van der Waals surface area contributed by atoms with Crippen LogP contribution in [0.4, 0.5) is 4.79 Å². The van der Waals surface area contributed by atoms with Crippen molar-refractivity contribution in [3.63, 3.8) is 0 Å². The normalized spacial score (nSPS) is 33.4. The fourth-order valence-corrected chi connectivity index (χ4v) is 2.38. The third-order valence-electron chi connectivity index (χ3n) is 4.09. The van der Waals surface area contributed by atoms with Crippen LogP contribution in [0.25, 0.3) is 0 Å². The Morgan fingerprint density at radius 1 is 1.47 bits per heavy atom. The summed E-state index contributed by atoms with van der Waals surface area (Å²) in [6, 6.07) is 0. The predicted molar refractivity (Wildman–Crippen MR) is 60.6 cm³/mol. The van der Waals surface area contributed by atoms with Gasteiger partial charge in [0.25, 0.3) is 0 Å². The number of ether oxygens (including phenoxy) is 1. The molecule has 2 rings (SSSR count). The van der Waals surface area contributed by atoms with Crippen molar-refractivity contribution >= 4 is 12.1 Å². The Labute approximate surface area is 101 Å². The van der Waals surface area contributed by atoms with Crippen molar-refractivity contribution in [2.24, 2.45) is 5.92 Å². The van der Waals surface area contributed by atoms with E-state index in [4.69, 9.17) is 9.84 Å². The highest BCUT2D eigenvalue weighted by atomic mass is 16.6. The van der Waals surface area contributed by atoms with Gasteiger partial charge in [-0.3, -0.25) is 4.79 Å². The summed E-state index contributed by atoms with van der Waals surface area (Å²) in [4.78, 5) is 22.5. The van der Waals surface area contributed by atoms with E-state index in [1.54, 1.807) is 0 Å². The standard InChI is InChI=1S/C12H19NO4/c1-8-6-11(8,2)17-10(16)13-12(4-3-5-12)7-9(14)15/h8H,3-7H2,1-2H3,(H,13,16)(H,14,15). The van der Waals surface area contributed by atoms with Crippen LogP contribution in [-0.4, -0.2) is 28.3 Å². The van der Waals surface area contributed by atoms with Gasteiger partial charge in [0, 0.05) is 0 Å². The number of rotatable bonds is 4. The second-order valence-corrected chi connectivity index (χ2v) is 5.64. The minimum absolute atomic E-state index is 0.0195. The maximum atomic E-state index is 11.7. The number of carboxylic acids is 1. The molecule has 96 valence electrons. The lowest BCUT2D eigenvalue weighted by atomic mass is 9.74. The number of amides is 1. The molecule has 2 unspecified atom stereocenters. The molecule has 2 atom stereocenters. The summed E-state index contributed by atoms with van der Waals surface area (Å²) in [6.07, 6.45) is 2.79. The lowest BCUT2D eigenvalue weighted by Crippen LogP contribution is -2.55. The van der Waals surface area contributed by atoms with Gasteiger partial charge in [0.15, 0.2) is 0 Å². The molecule has 0 aromatic rings. The van der Waals surface area contributed by atoms with E-state index in [1.807, 2.05) is 13.8 Å². The van der Waals surface area contributed by atoms with E-state index < -0.39 is 17.6 Å². The second kappa shape index (κ2) is 3.89. The van der Waals surface area contributed by atoms with E-state index in [9.17, 15) is 9.59 Å². The minimum Gasteiger partial charge on any atom is -0.481 e. The first-order valence-electron chi connectivity index (χ1n) is 6.08. The Hall–Kier alpha value is -1.26. The fraction of sp³-hybridized carbons (Fsp3) is 0.833. The third kappa shape index (κ3) is 2.53. The van der Waals surface area contributed by atoms with Crippen LogP contribution in [0, 0.1) is 5.92 Å². The van der Waals surface area contributed by atoms with Gasteiger partial charge in [0.05, 0.1) is 12.0 Å². The molecule has 2 saturated carbocycles. The highest BCUT2D eigenvalue weighted by Crippen LogP contribution is 2.46. The Balaban J connectivity index is 1.86. The molecule has 0 aromatic carbocycles. The van der Waals surface area contributed by atoms with E-state index in [1.165, 1.54) is 0 Å². The number of carbonyl (C=O) groups excluding carboxylic acids is 1. The molecule has 5 nitrogen and oxygen atoms in total. The predicted octanol–water partition coefficient (Wildman–Crippen LogP) is 1.91. The van der Waals surface area contributed by atoms with Crippen LogP contribution in [0.3, 0.4) is 0 Å². The van der Waals surface area contributed by atoms with Crippen LogP contribution < -0.4 is 5.32 Å². The zero-order valence-corrected chi connectivity index (χ0v) is 10.3. The van der Waals surface area contributed by atoms with Gasteiger partial charge >= 0.3 is 12.1 Å². The van der Waals surface area contributed by atoms with Crippen LogP contribution in [0.1, 0.15) is 46.0 Å². The Bertz CT molecular complexity index is 350. The molecule has 2 aliphatic rings. The molecule has 0 heterocycles. The largest absolute Gasteiger partial charge is 0.481 e. The molecule has 2 fully saturated rings. The average Bonchev–Trinajstić information content (AvgIpc) is 2.68. The molecule has 0 spiro atoms. The Morgan fingerprint density at radius 2 is 2.06 bits per heavy atom. The van der Waals surface area contributed by atoms with Crippen molar-refractivity contribution in [2.45, 2.75) is 57.1 Å². The molecule has 0 bridgehead atoms. The molecule has 1 amide bonds. The number of alkyl carbamates (subject to hydrolysis) is 1. The first-order valence-corrected chi connectivity index (χ1v) is 6.08. The van der Waals surface area contributed by atoms with Crippen LogP contribution in [0.15, 0.2) is 0 Å². The van der Waals surface area contributed by atoms with Crippen LogP contribution in [-0.2, 0) is 9.53 Å². The summed E-state index contributed by atoms with van der Waals surface area (Å²) in [5.41, 5.74) is -0.921. The molecule has 2 aliphatic carbocycles. The summed E-state index contributed by atoms with van der Waals surface area (Å²) in [7, 11) is 0. The van der Waals surface area contributed by atoms with Gasteiger partial charge in [0.1, 0.15) is 5.60 Å². The van der Waals surface area contributed by atoms with Crippen LogP contribution in [0.2, 0.25) is 0 Å². The highest BCUT2D eigenvalue weighted by molar-refractivity contribution is 5.73. The molecule has 0 saturated heterocycles. The lowest BCUT2D eigenvalue weighted by molar-refractivity contribution is -0.139. The van der Waals surface area contributed by atoms with Crippen molar-refractivity contribution in [1.29, 1.82) is 0 Å². The molecule has 0 aliphatic heterocycles. The number of hydrogen-bond acceptors (Lipinski definition) is 3. The van der Waals surface area contributed by atoms with Gasteiger partial charge in [-0.05, 0) is 38.5 Å². The average molecular weight is 241 g/mol. The second-order valence-electron chi connectivity index (χ2n) is 5.64. The molecule has 2 N–H and O–H groups in total. The van der Waals surface area contributed by atoms with Gasteiger partial charge in [-0.25, -0.2) is 4.79 Å². The van der Waals surface area contributed by atoms with E-state index in [0.717, 1.165) is 25.7 Å². The van der Waals surface area contributed by atoms with E-state index in [0.29, 0.717) is 5.92 Å². The Kier molecular flexibility index (Phi) is 2.79. The summed E-state index contributed by atoms with van der Waals surface area (Å²) < 4.78 is 5.33. The van der Waals surface area contributed by atoms with Crippen molar-refractivity contribution in [2.75, 3.05) is 0 Å². The number of carboxylic acid groups (broad SMARTS) is 1. The summed E-state index contributed by atoms with van der Waals surface area (Å²) >= 11 is 0. The van der Waals surface area contributed by atoms with Crippen LogP contribution >= 0.6 is 0 Å². The van der Waals surface area contributed by atoms with Crippen molar-refractivity contribution < 1.29 is 19.4 Å². The van der Waals surface area contributed by atoms with Gasteiger partial charge in [-0.1, -0.05) is 6.92 Å². The molecule has 0 aromatic heterocycles. The number of nitrogens with one attached hydrogen (secondary N) is 1. The SMILES string of the molecule is CC1CC1(C)OC(=O)NC1(CC(=O)O)CCC1. The molecule has 5 heteroatoms. The first-order chi connectivity index (χ1) is 7.85. The molecular weight excluding hydrogens is 222 g/mol. The van der Waals surface area contributed by atoms with Gasteiger partial charge in [-0.15, -0.1) is 0 Å². The van der Waals surface area contributed by atoms with E-state index >= 15 is 0 Å². The quantitative estimate of drug-likeness (QED) is 0.788. The number of carbonyl (C=O) groups is 2. The third-order valence-corrected chi connectivity index (χ3v) is 4.09. The minimum atomic E-state index is -0.879. The zero-order chi connectivity index (χ0) is 12.7. The van der Waals surface area contributed by atoms with Gasteiger partial charge in [0.2, 0.25) is 0 Å². The Morgan fingerprint density at radius 3 is 2.41 bits per heavy atom. The fourth-order valence-electron chi connectivity index (χ4n) is 2.38. The van der Waals surface area contributed by atoms with E-state index in [-0.39, 0.29) is 12.0 Å². The van der Waals surface area contributed by atoms with Crippen LogP contribution in [0.5, 0.6) is 0 Å². The smallest absolute Gasteiger partial charge is 0.408 e. The topological polar surface area (TPSA) is 75.6 Å². The summed E-state index contributed by atoms with van der Waals surface area (Å²) in [5, 5.41) is 11.6. The highest BCUT2D eigenvalue weighted by Gasteiger charge is 2.51. The maximum absolute atomic E-state index is 11.7. The monoisotopic (exact) mass is 241 g/mol. The summed E-state index contributed by atoms with van der Waals surface area (Å²) in [6.45, 7) is 3.94. The first kappa shape index (κ1) is 12.2. The van der Waals surface area contributed by atoms with Crippen molar-refractivity contribution in [1.82, 2.24) is 5.32 Å². The van der Waals surface area contributed by atoms with Gasteiger partial charge < -0.3 is 15.2 Å². The van der Waals surface area contributed by atoms with Gasteiger partial charge in [-0.2, -0.15) is 0 Å². The molecule has 17 heavy (non-hydrogen) atoms. The molecule has 0 radical (unpaired) electrons. The number of aliphatic carboxylic acids is 1.